The molecule has 0 bridgehead atoms. The van der Waals surface area contributed by atoms with E-state index in [9.17, 15) is 4.79 Å². The number of carbonyl (C=O) groups is 1. The van der Waals surface area contributed by atoms with Crippen LogP contribution in [0.25, 0.3) is 0 Å². The van der Waals surface area contributed by atoms with Gasteiger partial charge in [0, 0.05) is 17.5 Å². The molecule has 0 aliphatic carbocycles. The van der Waals surface area contributed by atoms with Crippen molar-refractivity contribution in [3.63, 3.8) is 0 Å². The summed E-state index contributed by atoms with van der Waals surface area (Å²) in [7, 11) is 1.93. The second-order valence-corrected chi connectivity index (χ2v) is 4.78. The Kier molecular flexibility index (Phi) is 3.58. The van der Waals surface area contributed by atoms with Crippen LogP contribution in [0.4, 0.5) is 0 Å². The van der Waals surface area contributed by atoms with E-state index in [1.807, 2.05) is 35.9 Å². The molecule has 0 atom stereocenters. The van der Waals surface area contributed by atoms with E-state index in [-0.39, 0.29) is 5.78 Å². The van der Waals surface area contributed by atoms with Crippen molar-refractivity contribution >= 4 is 17.5 Å². The van der Waals surface area contributed by atoms with Gasteiger partial charge in [-0.2, -0.15) is 0 Å². The van der Waals surface area contributed by atoms with Crippen molar-refractivity contribution in [1.82, 2.24) is 14.8 Å². The van der Waals surface area contributed by atoms with Gasteiger partial charge in [0.05, 0.1) is 5.75 Å². The first-order valence-electron chi connectivity index (χ1n) is 5.23. The Morgan fingerprint density at radius 2 is 2.06 bits per heavy atom. The zero-order valence-corrected chi connectivity index (χ0v) is 10.6. The number of thioether (sulfide) groups is 1. The van der Waals surface area contributed by atoms with E-state index >= 15 is 0 Å². The maximum absolute atomic E-state index is 11.1. The predicted molar refractivity (Wildman–Crippen MR) is 67.0 cm³/mol. The molecule has 1 aromatic heterocycles. The van der Waals surface area contributed by atoms with Gasteiger partial charge < -0.3 is 4.57 Å². The summed E-state index contributed by atoms with van der Waals surface area (Å²) in [5.41, 5.74) is 0.744. The highest BCUT2D eigenvalue weighted by Crippen LogP contribution is 2.21. The van der Waals surface area contributed by atoms with Gasteiger partial charge in [-0.05, 0) is 19.1 Å². The monoisotopic (exact) mass is 247 g/mol. The third-order valence-electron chi connectivity index (χ3n) is 2.43. The molecule has 0 unspecified atom stereocenters. The highest BCUT2D eigenvalue weighted by molar-refractivity contribution is 7.98. The fourth-order valence-electron chi connectivity index (χ4n) is 1.37. The number of ketones is 1. The van der Waals surface area contributed by atoms with E-state index in [0.29, 0.717) is 0 Å². The Morgan fingerprint density at radius 3 is 2.59 bits per heavy atom. The molecule has 17 heavy (non-hydrogen) atoms. The van der Waals surface area contributed by atoms with Crippen LogP contribution in [0.2, 0.25) is 0 Å². The molecule has 5 heteroatoms. The largest absolute Gasteiger partial charge is 0.320 e. The summed E-state index contributed by atoms with van der Waals surface area (Å²) in [6.07, 6.45) is 1.69. The van der Waals surface area contributed by atoms with Gasteiger partial charge in [-0.1, -0.05) is 12.1 Å². The molecule has 0 saturated heterocycles. The Hall–Kier alpha value is -1.62. The number of Topliss-reactive ketones (excluding diaryl/α,β-unsaturated/α-hetero) is 1. The van der Waals surface area contributed by atoms with Crippen molar-refractivity contribution in [1.29, 1.82) is 0 Å². The molecule has 1 aromatic carbocycles. The number of hydrogen-bond donors (Lipinski definition) is 0. The first kappa shape index (κ1) is 11.9. The van der Waals surface area contributed by atoms with Gasteiger partial charge in [0.1, 0.15) is 12.2 Å². The molecule has 0 spiro atoms. The number of hydrogen-bond acceptors (Lipinski definition) is 4. The van der Waals surface area contributed by atoms with E-state index < -0.39 is 0 Å². The topological polar surface area (TPSA) is 47.8 Å². The van der Waals surface area contributed by atoms with Crippen LogP contribution in [0.1, 0.15) is 23.1 Å². The molecule has 0 radical (unpaired) electrons. The number of aryl methyl sites for hydroxylation is 1. The fraction of sp³-hybridized carbons (Fsp3) is 0.250. The summed E-state index contributed by atoms with van der Waals surface area (Å²) in [4.78, 5) is 12.2. The second kappa shape index (κ2) is 5.14. The van der Waals surface area contributed by atoms with Gasteiger partial charge in [-0.15, -0.1) is 22.0 Å². The molecule has 2 rings (SSSR count). The van der Waals surface area contributed by atoms with Gasteiger partial charge >= 0.3 is 0 Å². The van der Waals surface area contributed by atoms with E-state index in [1.54, 1.807) is 25.0 Å². The normalized spacial score (nSPS) is 10.5. The lowest BCUT2D eigenvalue weighted by atomic mass is 10.2. The first-order chi connectivity index (χ1) is 8.16. The van der Waals surface area contributed by atoms with Crippen molar-refractivity contribution in [2.45, 2.75) is 17.6 Å². The lowest BCUT2D eigenvalue weighted by molar-refractivity contribution is 0.101. The van der Waals surface area contributed by atoms with Crippen LogP contribution >= 0.6 is 11.8 Å². The van der Waals surface area contributed by atoms with Crippen LogP contribution in [-0.2, 0) is 12.8 Å². The molecule has 88 valence electrons. The maximum Gasteiger partial charge on any atom is 0.159 e. The summed E-state index contributed by atoms with van der Waals surface area (Å²) in [5.74, 6) is 1.80. The highest BCUT2D eigenvalue weighted by Gasteiger charge is 2.03. The van der Waals surface area contributed by atoms with Crippen LogP contribution in [0.15, 0.2) is 35.5 Å². The zero-order valence-electron chi connectivity index (χ0n) is 9.75. The Bertz CT molecular complexity index is 519. The van der Waals surface area contributed by atoms with E-state index in [2.05, 4.69) is 10.2 Å². The summed E-state index contributed by atoms with van der Waals surface area (Å²) in [6, 6.07) is 7.61. The SMILES string of the molecule is CC(=O)c1ccc(SCc2nncn2C)cc1. The van der Waals surface area contributed by atoms with Crippen molar-refractivity contribution in [3.05, 3.63) is 42.0 Å². The van der Waals surface area contributed by atoms with E-state index in [4.69, 9.17) is 0 Å². The van der Waals surface area contributed by atoms with Crippen LogP contribution < -0.4 is 0 Å². The van der Waals surface area contributed by atoms with Crippen LogP contribution in [-0.4, -0.2) is 20.5 Å². The fourth-order valence-corrected chi connectivity index (χ4v) is 2.26. The molecule has 4 nitrogen and oxygen atoms in total. The van der Waals surface area contributed by atoms with Crippen LogP contribution in [0.5, 0.6) is 0 Å². The average molecular weight is 247 g/mol. The summed E-state index contributed by atoms with van der Waals surface area (Å²) >= 11 is 1.68. The Morgan fingerprint density at radius 1 is 1.35 bits per heavy atom. The summed E-state index contributed by atoms with van der Waals surface area (Å²) < 4.78 is 1.90. The lowest BCUT2D eigenvalue weighted by Gasteiger charge is -2.02. The van der Waals surface area contributed by atoms with Gasteiger partial charge in [0.25, 0.3) is 0 Å². The second-order valence-electron chi connectivity index (χ2n) is 3.73. The predicted octanol–water partition coefficient (Wildman–Crippen LogP) is 2.31. The van der Waals surface area contributed by atoms with Crippen molar-refractivity contribution < 1.29 is 4.79 Å². The number of carbonyl (C=O) groups excluding carboxylic acids is 1. The zero-order chi connectivity index (χ0) is 12.3. The van der Waals surface area contributed by atoms with Crippen molar-refractivity contribution in [2.75, 3.05) is 0 Å². The van der Waals surface area contributed by atoms with Crippen molar-refractivity contribution in [3.8, 4) is 0 Å². The number of aromatic nitrogens is 3. The Labute approximate surface area is 104 Å². The first-order valence-corrected chi connectivity index (χ1v) is 6.22. The molecular formula is C12H13N3OS. The highest BCUT2D eigenvalue weighted by atomic mass is 32.2. The summed E-state index contributed by atoms with van der Waals surface area (Å²) in [6.45, 7) is 1.57. The molecule has 0 aliphatic rings. The van der Waals surface area contributed by atoms with E-state index in [0.717, 1.165) is 22.0 Å². The average Bonchev–Trinajstić information content (AvgIpc) is 2.73. The number of nitrogens with zero attached hydrogens (tertiary/aromatic N) is 3. The minimum atomic E-state index is 0.0925. The quantitative estimate of drug-likeness (QED) is 0.614. The smallest absolute Gasteiger partial charge is 0.159 e. The van der Waals surface area contributed by atoms with Crippen molar-refractivity contribution in [2.24, 2.45) is 7.05 Å². The van der Waals surface area contributed by atoms with Crippen LogP contribution in [0, 0.1) is 0 Å². The molecular weight excluding hydrogens is 234 g/mol. The standard InChI is InChI=1S/C12H13N3OS/c1-9(16)10-3-5-11(6-4-10)17-7-12-14-13-8-15(12)2/h3-6,8H,7H2,1-2H3. The minimum Gasteiger partial charge on any atom is -0.320 e. The van der Waals surface area contributed by atoms with Gasteiger partial charge in [0.2, 0.25) is 0 Å². The molecule has 1 heterocycles. The van der Waals surface area contributed by atoms with Crippen LogP contribution in [0.3, 0.4) is 0 Å². The third kappa shape index (κ3) is 2.94. The molecule has 0 N–H and O–H groups in total. The molecule has 0 amide bonds. The molecule has 0 aliphatic heterocycles. The minimum absolute atomic E-state index is 0.0925. The molecule has 2 aromatic rings. The van der Waals surface area contributed by atoms with E-state index in [1.165, 1.54) is 0 Å². The lowest BCUT2D eigenvalue weighted by Crippen LogP contribution is -1.94. The third-order valence-corrected chi connectivity index (χ3v) is 3.44. The summed E-state index contributed by atoms with van der Waals surface area (Å²) in [5, 5.41) is 7.84. The molecule has 0 saturated carbocycles. The maximum atomic E-state index is 11.1. The number of rotatable bonds is 4. The van der Waals surface area contributed by atoms with Gasteiger partial charge in [0.15, 0.2) is 5.78 Å². The van der Waals surface area contributed by atoms with Gasteiger partial charge in [-0.3, -0.25) is 4.79 Å². The molecule has 0 fully saturated rings. The Balaban J connectivity index is 2.00. The number of benzene rings is 1. The van der Waals surface area contributed by atoms with Gasteiger partial charge in [-0.25, -0.2) is 0 Å².